The molecule has 0 rings (SSSR count). The molecule has 0 aromatic heterocycles. The fourth-order valence-electron chi connectivity index (χ4n) is 1.90. The summed E-state index contributed by atoms with van der Waals surface area (Å²) in [5, 5.41) is 0. The van der Waals surface area contributed by atoms with Gasteiger partial charge in [0.05, 0.1) is 6.04 Å². The second-order valence-corrected chi connectivity index (χ2v) is 4.45. The van der Waals surface area contributed by atoms with Crippen molar-refractivity contribution in [3.63, 3.8) is 0 Å². The lowest BCUT2D eigenvalue weighted by Crippen LogP contribution is -2.45. The highest BCUT2D eigenvalue weighted by atomic mass is 16.2. The highest BCUT2D eigenvalue weighted by Crippen LogP contribution is 2.11. The topological polar surface area (TPSA) is 46.3 Å². The van der Waals surface area contributed by atoms with Crippen LogP contribution >= 0.6 is 0 Å². The van der Waals surface area contributed by atoms with Gasteiger partial charge < -0.3 is 10.6 Å². The van der Waals surface area contributed by atoms with Crippen molar-refractivity contribution in [3.8, 4) is 0 Å². The average molecular weight is 228 g/mol. The highest BCUT2D eigenvalue weighted by molar-refractivity contribution is 5.81. The summed E-state index contributed by atoms with van der Waals surface area (Å²) in [5.41, 5.74) is 5.87. The van der Waals surface area contributed by atoms with Gasteiger partial charge in [-0.25, -0.2) is 0 Å². The normalized spacial score (nSPS) is 12.9. The van der Waals surface area contributed by atoms with Gasteiger partial charge in [0.15, 0.2) is 0 Å². The number of nitrogens with zero attached hydrogens (tertiary/aromatic N) is 1. The minimum absolute atomic E-state index is 0.122. The highest BCUT2D eigenvalue weighted by Gasteiger charge is 2.20. The van der Waals surface area contributed by atoms with E-state index in [1.165, 1.54) is 0 Å². The van der Waals surface area contributed by atoms with Crippen LogP contribution in [0, 0.1) is 5.92 Å². The number of carbonyl (C=O) groups is 1. The van der Waals surface area contributed by atoms with Crippen molar-refractivity contribution >= 4 is 5.91 Å². The van der Waals surface area contributed by atoms with Crippen molar-refractivity contribution in [2.45, 2.75) is 59.4 Å². The standard InChI is InChI=1S/C13H28N2O/c1-5-9-12(14)13(16)15(8-4)10-11(6-2)7-3/h11-12H,5-10,14H2,1-4H3/t12-/m1/s1. The first-order chi connectivity index (χ1) is 7.60. The molecule has 0 heterocycles. The summed E-state index contributed by atoms with van der Waals surface area (Å²) in [4.78, 5) is 13.9. The van der Waals surface area contributed by atoms with Crippen LogP contribution in [0.25, 0.3) is 0 Å². The van der Waals surface area contributed by atoms with Crippen LogP contribution in [0.15, 0.2) is 0 Å². The zero-order chi connectivity index (χ0) is 12.6. The van der Waals surface area contributed by atoms with Crippen molar-refractivity contribution in [1.29, 1.82) is 0 Å². The number of nitrogens with two attached hydrogens (primary N) is 1. The molecule has 0 fully saturated rings. The van der Waals surface area contributed by atoms with Crippen LogP contribution in [0.3, 0.4) is 0 Å². The van der Waals surface area contributed by atoms with Gasteiger partial charge in [0, 0.05) is 13.1 Å². The molecule has 0 aromatic rings. The molecule has 0 radical (unpaired) electrons. The molecule has 0 aliphatic carbocycles. The zero-order valence-corrected chi connectivity index (χ0v) is 11.3. The number of rotatable bonds is 8. The van der Waals surface area contributed by atoms with Crippen molar-refractivity contribution in [2.75, 3.05) is 13.1 Å². The maximum absolute atomic E-state index is 12.0. The molecule has 1 atom stereocenters. The van der Waals surface area contributed by atoms with Crippen molar-refractivity contribution in [3.05, 3.63) is 0 Å². The van der Waals surface area contributed by atoms with Crippen LogP contribution in [0.2, 0.25) is 0 Å². The second kappa shape index (κ2) is 8.57. The molecule has 3 heteroatoms. The lowest BCUT2D eigenvalue weighted by atomic mass is 10.0. The molecule has 3 nitrogen and oxygen atoms in total. The van der Waals surface area contributed by atoms with E-state index in [1.807, 2.05) is 11.8 Å². The minimum Gasteiger partial charge on any atom is -0.341 e. The Balaban J connectivity index is 4.30. The largest absolute Gasteiger partial charge is 0.341 e. The van der Waals surface area contributed by atoms with Gasteiger partial charge in [0.1, 0.15) is 0 Å². The molecule has 0 spiro atoms. The summed E-state index contributed by atoms with van der Waals surface area (Å²) in [6.07, 6.45) is 4.01. The molecule has 0 bridgehead atoms. The molecule has 0 aliphatic heterocycles. The van der Waals surface area contributed by atoms with Gasteiger partial charge in [-0.1, -0.05) is 40.0 Å². The van der Waals surface area contributed by atoms with Crippen LogP contribution in [0.1, 0.15) is 53.4 Å². The minimum atomic E-state index is -0.306. The lowest BCUT2D eigenvalue weighted by Gasteiger charge is -2.27. The van der Waals surface area contributed by atoms with Crippen LogP contribution in [-0.2, 0) is 4.79 Å². The second-order valence-electron chi connectivity index (χ2n) is 4.45. The quantitative estimate of drug-likeness (QED) is 0.693. The number of carbonyl (C=O) groups excluding carboxylic acids is 1. The third-order valence-electron chi connectivity index (χ3n) is 3.24. The van der Waals surface area contributed by atoms with E-state index in [1.54, 1.807) is 0 Å². The SMILES string of the molecule is CCC[C@@H](N)C(=O)N(CC)CC(CC)CC. The Hall–Kier alpha value is -0.570. The molecular weight excluding hydrogens is 200 g/mol. The third kappa shape index (κ3) is 4.97. The zero-order valence-electron chi connectivity index (χ0n) is 11.3. The molecule has 0 aliphatic rings. The van der Waals surface area contributed by atoms with Gasteiger partial charge in [0.25, 0.3) is 0 Å². The fraction of sp³-hybridized carbons (Fsp3) is 0.923. The van der Waals surface area contributed by atoms with E-state index in [-0.39, 0.29) is 11.9 Å². The molecule has 0 unspecified atom stereocenters. The van der Waals surface area contributed by atoms with E-state index in [0.717, 1.165) is 38.8 Å². The average Bonchev–Trinajstić information content (AvgIpc) is 2.30. The number of likely N-dealkylation sites (N-methyl/N-ethyl adjacent to an activating group) is 1. The van der Waals surface area contributed by atoms with E-state index < -0.39 is 0 Å². The fourth-order valence-corrected chi connectivity index (χ4v) is 1.90. The first kappa shape index (κ1) is 15.4. The smallest absolute Gasteiger partial charge is 0.239 e. The molecule has 96 valence electrons. The van der Waals surface area contributed by atoms with Gasteiger partial charge in [-0.2, -0.15) is 0 Å². The Morgan fingerprint density at radius 3 is 2.12 bits per heavy atom. The summed E-state index contributed by atoms with van der Waals surface area (Å²) in [6.45, 7) is 10.1. The van der Waals surface area contributed by atoms with Crippen LogP contribution in [-0.4, -0.2) is 29.9 Å². The first-order valence-corrected chi connectivity index (χ1v) is 6.64. The Bertz CT molecular complexity index is 190. The lowest BCUT2D eigenvalue weighted by molar-refractivity contribution is -0.133. The Kier molecular flexibility index (Phi) is 8.26. The van der Waals surface area contributed by atoms with Crippen LogP contribution in [0.4, 0.5) is 0 Å². The maximum atomic E-state index is 12.0. The van der Waals surface area contributed by atoms with E-state index in [2.05, 4.69) is 20.8 Å². The first-order valence-electron chi connectivity index (χ1n) is 6.64. The number of hydrogen-bond donors (Lipinski definition) is 1. The number of amides is 1. The van der Waals surface area contributed by atoms with Gasteiger partial charge in [-0.15, -0.1) is 0 Å². The monoisotopic (exact) mass is 228 g/mol. The number of hydrogen-bond acceptors (Lipinski definition) is 2. The maximum Gasteiger partial charge on any atom is 0.239 e. The van der Waals surface area contributed by atoms with Gasteiger partial charge in [0.2, 0.25) is 5.91 Å². The molecule has 2 N–H and O–H groups in total. The predicted octanol–water partition coefficient (Wildman–Crippen LogP) is 2.40. The summed E-state index contributed by atoms with van der Waals surface area (Å²) >= 11 is 0. The van der Waals surface area contributed by atoms with Crippen molar-refractivity contribution in [1.82, 2.24) is 4.90 Å². The molecule has 0 aromatic carbocycles. The summed E-state index contributed by atoms with van der Waals surface area (Å²) in [7, 11) is 0. The van der Waals surface area contributed by atoms with Crippen LogP contribution in [0.5, 0.6) is 0 Å². The van der Waals surface area contributed by atoms with Gasteiger partial charge in [-0.05, 0) is 19.3 Å². The Morgan fingerprint density at radius 2 is 1.75 bits per heavy atom. The molecule has 1 amide bonds. The molecular formula is C13H28N2O. The predicted molar refractivity (Wildman–Crippen MR) is 69.2 cm³/mol. The van der Waals surface area contributed by atoms with Crippen molar-refractivity contribution in [2.24, 2.45) is 11.7 Å². The van der Waals surface area contributed by atoms with E-state index >= 15 is 0 Å². The summed E-state index contributed by atoms with van der Waals surface area (Å²) in [5.74, 6) is 0.731. The summed E-state index contributed by atoms with van der Waals surface area (Å²) < 4.78 is 0. The van der Waals surface area contributed by atoms with Crippen LogP contribution < -0.4 is 5.73 Å². The molecule has 0 saturated carbocycles. The van der Waals surface area contributed by atoms with Gasteiger partial charge in [-0.3, -0.25) is 4.79 Å². The van der Waals surface area contributed by atoms with E-state index in [4.69, 9.17) is 5.73 Å². The summed E-state index contributed by atoms with van der Waals surface area (Å²) in [6, 6.07) is -0.306. The van der Waals surface area contributed by atoms with Gasteiger partial charge >= 0.3 is 0 Å². The molecule has 16 heavy (non-hydrogen) atoms. The Morgan fingerprint density at radius 1 is 1.19 bits per heavy atom. The van der Waals surface area contributed by atoms with E-state index in [9.17, 15) is 4.79 Å². The van der Waals surface area contributed by atoms with Crippen molar-refractivity contribution < 1.29 is 4.79 Å². The Labute approximate surface area is 100 Å². The molecule has 0 saturated heterocycles. The van der Waals surface area contributed by atoms with E-state index in [0.29, 0.717) is 5.92 Å². The third-order valence-corrected chi connectivity index (χ3v) is 3.24.